The van der Waals surface area contributed by atoms with Gasteiger partial charge in [-0.1, -0.05) is 74.9 Å². The smallest absolute Gasteiger partial charge is 0.223 e. The SMILES string of the molecule is CCC(C(c1ccc(C)cc1)c1ccc(C(C)C)cc1)[N+](=O)[O-]. The van der Waals surface area contributed by atoms with Crippen LogP contribution in [0.1, 0.15) is 61.3 Å². The average Bonchev–Trinajstić information content (AvgIpc) is 2.53. The van der Waals surface area contributed by atoms with E-state index in [1.165, 1.54) is 5.56 Å². The zero-order valence-electron chi connectivity index (χ0n) is 14.3. The van der Waals surface area contributed by atoms with E-state index in [4.69, 9.17) is 0 Å². The van der Waals surface area contributed by atoms with Crippen molar-refractivity contribution in [3.8, 4) is 0 Å². The van der Waals surface area contributed by atoms with Gasteiger partial charge in [0.05, 0.1) is 5.92 Å². The predicted octanol–water partition coefficient (Wildman–Crippen LogP) is 5.31. The minimum atomic E-state index is -0.609. The van der Waals surface area contributed by atoms with Crippen LogP contribution in [0.2, 0.25) is 0 Å². The molecule has 0 heterocycles. The van der Waals surface area contributed by atoms with E-state index >= 15 is 0 Å². The zero-order valence-corrected chi connectivity index (χ0v) is 14.3. The third-order valence-electron chi connectivity index (χ3n) is 4.47. The van der Waals surface area contributed by atoms with Gasteiger partial charge in [-0.2, -0.15) is 0 Å². The summed E-state index contributed by atoms with van der Waals surface area (Å²) in [5, 5.41) is 11.6. The molecule has 0 aromatic heterocycles. The molecule has 2 rings (SSSR count). The van der Waals surface area contributed by atoms with Crippen molar-refractivity contribution in [2.24, 2.45) is 0 Å². The van der Waals surface area contributed by atoms with Crippen LogP contribution in [-0.4, -0.2) is 11.0 Å². The molecule has 3 nitrogen and oxygen atoms in total. The van der Waals surface area contributed by atoms with Crippen LogP contribution in [0.4, 0.5) is 0 Å². The fourth-order valence-corrected chi connectivity index (χ4v) is 3.01. The Balaban J connectivity index is 2.48. The Kier molecular flexibility index (Phi) is 5.54. The largest absolute Gasteiger partial charge is 0.264 e. The van der Waals surface area contributed by atoms with Gasteiger partial charge < -0.3 is 0 Å². The van der Waals surface area contributed by atoms with Crippen molar-refractivity contribution in [2.75, 3.05) is 0 Å². The summed E-state index contributed by atoms with van der Waals surface area (Å²) in [7, 11) is 0. The quantitative estimate of drug-likeness (QED) is 0.536. The van der Waals surface area contributed by atoms with Crippen molar-refractivity contribution in [3.63, 3.8) is 0 Å². The lowest BCUT2D eigenvalue weighted by Crippen LogP contribution is -2.27. The van der Waals surface area contributed by atoms with Crippen molar-refractivity contribution in [1.29, 1.82) is 0 Å². The van der Waals surface area contributed by atoms with Crippen molar-refractivity contribution in [3.05, 3.63) is 80.9 Å². The second-order valence-corrected chi connectivity index (χ2v) is 6.47. The molecule has 0 amide bonds. The standard InChI is InChI=1S/C20H25NO2/c1-5-19(21(22)23)20(17-8-6-15(4)7-9-17)18-12-10-16(11-13-18)14(2)3/h6-14,19-20H,5H2,1-4H3. The highest BCUT2D eigenvalue weighted by Crippen LogP contribution is 2.32. The molecule has 3 heteroatoms. The topological polar surface area (TPSA) is 43.1 Å². The maximum atomic E-state index is 11.6. The van der Waals surface area contributed by atoms with E-state index in [2.05, 4.69) is 26.0 Å². The molecule has 2 atom stereocenters. The van der Waals surface area contributed by atoms with Gasteiger partial charge in [-0.3, -0.25) is 10.1 Å². The summed E-state index contributed by atoms with van der Waals surface area (Å²) in [5.74, 6) is 0.246. The Morgan fingerprint density at radius 2 is 1.35 bits per heavy atom. The molecule has 0 spiro atoms. The Morgan fingerprint density at radius 1 is 0.913 bits per heavy atom. The lowest BCUT2D eigenvalue weighted by Gasteiger charge is -2.22. The predicted molar refractivity (Wildman–Crippen MR) is 94.6 cm³/mol. The fraction of sp³-hybridized carbons (Fsp3) is 0.400. The molecular weight excluding hydrogens is 286 g/mol. The van der Waals surface area contributed by atoms with Crippen LogP contribution < -0.4 is 0 Å². The van der Waals surface area contributed by atoms with Crippen LogP contribution in [0.25, 0.3) is 0 Å². The third-order valence-corrected chi connectivity index (χ3v) is 4.47. The molecule has 0 aliphatic rings. The minimum absolute atomic E-state index is 0.138. The molecule has 2 aromatic rings. The van der Waals surface area contributed by atoms with Crippen LogP contribution >= 0.6 is 0 Å². The van der Waals surface area contributed by atoms with Crippen LogP contribution in [0.5, 0.6) is 0 Å². The summed E-state index contributed by atoms with van der Waals surface area (Å²) < 4.78 is 0. The molecule has 0 saturated heterocycles. The second-order valence-electron chi connectivity index (χ2n) is 6.47. The summed E-state index contributed by atoms with van der Waals surface area (Å²) in [6, 6.07) is 15.8. The number of hydrogen-bond donors (Lipinski definition) is 0. The van der Waals surface area contributed by atoms with Gasteiger partial charge in [0.1, 0.15) is 0 Å². The van der Waals surface area contributed by atoms with Gasteiger partial charge in [-0.25, -0.2) is 0 Å². The Hall–Kier alpha value is -2.16. The van der Waals surface area contributed by atoms with E-state index in [9.17, 15) is 10.1 Å². The lowest BCUT2D eigenvalue weighted by atomic mass is 9.83. The van der Waals surface area contributed by atoms with Crippen molar-refractivity contribution >= 4 is 0 Å². The molecule has 0 fully saturated rings. The first kappa shape index (κ1) is 17.2. The van der Waals surface area contributed by atoms with E-state index in [0.717, 1.165) is 16.7 Å². The molecule has 0 N–H and O–H groups in total. The Bertz CT molecular complexity index is 644. The Morgan fingerprint density at radius 3 is 1.74 bits per heavy atom. The zero-order chi connectivity index (χ0) is 17.0. The molecule has 122 valence electrons. The number of benzene rings is 2. The molecular formula is C20H25NO2. The van der Waals surface area contributed by atoms with Gasteiger partial charge in [0.2, 0.25) is 6.04 Å². The summed E-state index contributed by atoms with van der Waals surface area (Å²) in [4.78, 5) is 11.4. The second kappa shape index (κ2) is 7.40. The van der Waals surface area contributed by atoms with Gasteiger partial charge in [0.25, 0.3) is 0 Å². The normalized spacial score (nSPS) is 13.8. The van der Waals surface area contributed by atoms with Crippen molar-refractivity contribution in [1.82, 2.24) is 0 Å². The number of nitro groups is 1. The molecule has 0 saturated carbocycles. The van der Waals surface area contributed by atoms with Gasteiger partial charge in [0, 0.05) is 11.3 Å². The van der Waals surface area contributed by atoms with E-state index in [1.54, 1.807) is 0 Å². The van der Waals surface area contributed by atoms with Crippen LogP contribution in [0, 0.1) is 17.0 Å². The summed E-state index contributed by atoms with van der Waals surface area (Å²) >= 11 is 0. The molecule has 23 heavy (non-hydrogen) atoms. The van der Waals surface area contributed by atoms with E-state index < -0.39 is 6.04 Å². The first-order chi connectivity index (χ1) is 10.9. The lowest BCUT2D eigenvalue weighted by molar-refractivity contribution is -0.525. The van der Waals surface area contributed by atoms with Gasteiger partial charge in [-0.05, 0) is 29.5 Å². The number of rotatable bonds is 6. The van der Waals surface area contributed by atoms with E-state index in [-0.39, 0.29) is 10.8 Å². The summed E-state index contributed by atoms with van der Waals surface area (Å²) in [6.45, 7) is 8.22. The molecule has 0 radical (unpaired) electrons. The van der Waals surface area contributed by atoms with Gasteiger partial charge >= 0.3 is 0 Å². The first-order valence-corrected chi connectivity index (χ1v) is 8.24. The van der Waals surface area contributed by atoms with E-state index in [1.807, 2.05) is 50.2 Å². The third kappa shape index (κ3) is 3.98. The highest BCUT2D eigenvalue weighted by molar-refractivity contribution is 5.37. The Labute approximate surface area is 138 Å². The van der Waals surface area contributed by atoms with E-state index in [0.29, 0.717) is 12.3 Å². The highest BCUT2D eigenvalue weighted by Gasteiger charge is 2.32. The first-order valence-electron chi connectivity index (χ1n) is 8.24. The molecule has 0 aliphatic carbocycles. The number of nitrogens with zero attached hydrogens (tertiary/aromatic N) is 1. The van der Waals surface area contributed by atoms with Gasteiger partial charge in [0.15, 0.2) is 0 Å². The molecule has 0 bridgehead atoms. The fourth-order valence-electron chi connectivity index (χ4n) is 3.01. The highest BCUT2D eigenvalue weighted by atomic mass is 16.6. The van der Waals surface area contributed by atoms with Crippen LogP contribution in [0.15, 0.2) is 48.5 Å². The number of hydrogen-bond acceptors (Lipinski definition) is 2. The average molecular weight is 311 g/mol. The van der Waals surface area contributed by atoms with Gasteiger partial charge in [-0.15, -0.1) is 0 Å². The monoisotopic (exact) mass is 311 g/mol. The maximum absolute atomic E-state index is 11.6. The van der Waals surface area contributed by atoms with Crippen LogP contribution in [-0.2, 0) is 0 Å². The number of aryl methyl sites for hydroxylation is 1. The molecule has 2 aromatic carbocycles. The van der Waals surface area contributed by atoms with Crippen molar-refractivity contribution in [2.45, 2.75) is 52.0 Å². The maximum Gasteiger partial charge on any atom is 0.223 e. The van der Waals surface area contributed by atoms with Crippen molar-refractivity contribution < 1.29 is 4.92 Å². The molecule has 2 unspecified atom stereocenters. The van der Waals surface area contributed by atoms with Crippen LogP contribution in [0.3, 0.4) is 0 Å². The summed E-state index contributed by atoms with van der Waals surface area (Å²) in [5.41, 5.74) is 4.45. The minimum Gasteiger partial charge on any atom is -0.264 e. The summed E-state index contributed by atoms with van der Waals surface area (Å²) in [6.07, 6.45) is 0.511. The molecule has 0 aliphatic heterocycles.